The topological polar surface area (TPSA) is 81.2 Å². The van der Waals surface area contributed by atoms with Gasteiger partial charge in [-0.1, -0.05) is 0 Å². The Balaban J connectivity index is 2.19. The van der Waals surface area contributed by atoms with Crippen LogP contribution in [0.1, 0.15) is 13.8 Å². The van der Waals surface area contributed by atoms with E-state index >= 15 is 0 Å². The van der Waals surface area contributed by atoms with E-state index in [1.807, 2.05) is 0 Å². The van der Waals surface area contributed by atoms with Gasteiger partial charge in [0.2, 0.25) is 11.8 Å². The van der Waals surface area contributed by atoms with Crippen LogP contribution in [0, 0.1) is 10.8 Å². The molecule has 3 rings (SSSR count). The van der Waals surface area contributed by atoms with Gasteiger partial charge < -0.3 is 9.80 Å². The first-order chi connectivity index (χ1) is 10.0. The van der Waals surface area contributed by atoms with Crippen molar-refractivity contribution in [1.82, 2.24) is 19.6 Å². The Hall–Kier alpha value is -2.12. The van der Waals surface area contributed by atoms with E-state index in [0.717, 1.165) is 9.80 Å². The fraction of sp³-hybridized carbons (Fsp3) is 0.714. The zero-order valence-corrected chi connectivity index (χ0v) is 13.6. The molecule has 1 aliphatic carbocycles. The standard InChI is InChI=1S/C14H20N4O4/c1-13-7(15(3)11(21)17(5)9(13)19)8-14(13,2)10(20)18(6)12(22)16(8)4/h7-8H,1-6H3. The summed E-state index contributed by atoms with van der Waals surface area (Å²) in [7, 11) is 6.06. The van der Waals surface area contributed by atoms with Crippen molar-refractivity contribution in [2.75, 3.05) is 28.2 Å². The number of imide groups is 2. The van der Waals surface area contributed by atoms with Crippen LogP contribution in [-0.2, 0) is 9.59 Å². The number of fused-ring (bicyclic) bond motifs is 4. The molecule has 8 nitrogen and oxygen atoms in total. The van der Waals surface area contributed by atoms with Crippen molar-refractivity contribution in [1.29, 1.82) is 0 Å². The molecule has 0 aromatic carbocycles. The molecule has 22 heavy (non-hydrogen) atoms. The van der Waals surface area contributed by atoms with Crippen LogP contribution < -0.4 is 0 Å². The lowest BCUT2D eigenvalue weighted by Crippen LogP contribution is -2.90. The minimum Gasteiger partial charge on any atom is -0.321 e. The van der Waals surface area contributed by atoms with E-state index in [4.69, 9.17) is 0 Å². The fourth-order valence-corrected chi connectivity index (χ4v) is 4.63. The summed E-state index contributed by atoms with van der Waals surface area (Å²) in [5.74, 6) is -0.743. The highest BCUT2D eigenvalue weighted by molar-refractivity contribution is 6.10. The van der Waals surface area contributed by atoms with Crippen molar-refractivity contribution >= 4 is 23.9 Å². The van der Waals surface area contributed by atoms with Gasteiger partial charge in [0.15, 0.2) is 0 Å². The predicted molar refractivity (Wildman–Crippen MR) is 75.6 cm³/mol. The van der Waals surface area contributed by atoms with Crippen molar-refractivity contribution < 1.29 is 19.2 Å². The molecule has 0 aromatic rings. The molecule has 3 fully saturated rings. The molecule has 1 saturated carbocycles. The molecule has 0 radical (unpaired) electrons. The van der Waals surface area contributed by atoms with Gasteiger partial charge in [-0.2, -0.15) is 0 Å². The maximum Gasteiger partial charge on any atom is 0.326 e. The normalized spacial score (nSPS) is 41.5. The Bertz CT molecular complexity index is 580. The second-order valence-electron chi connectivity index (χ2n) is 6.81. The van der Waals surface area contributed by atoms with Gasteiger partial charge in [-0.25, -0.2) is 9.59 Å². The molecule has 4 unspecified atom stereocenters. The molecule has 0 aromatic heterocycles. The third-order valence-corrected chi connectivity index (χ3v) is 6.07. The molecule has 8 heteroatoms. The average molecular weight is 308 g/mol. The summed E-state index contributed by atoms with van der Waals surface area (Å²) < 4.78 is 0. The first-order valence-corrected chi connectivity index (χ1v) is 7.12. The van der Waals surface area contributed by atoms with Crippen molar-refractivity contribution in [3.05, 3.63) is 0 Å². The van der Waals surface area contributed by atoms with Crippen molar-refractivity contribution in [3.8, 4) is 0 Å². The molecule has 0 bridgehead atoms. The number of nitrogens with zero attached hydrogens (tertiary/aromatic N) is 4. The number of likely N-dealkylation sites (N-methyl/N-ethyl adjacent to an activating group) is 2. The Labute approximate surface area is 128 Å². The summed E-state index contributed by atoms with van der Waals surface area (Å²) in [4.78, 5) is 55.0. The van der Waals surface area contributed by atoms with E-state index in [1.165, 1.54) is 23.9 Å². The zero-order valence-electron chi connectivity index (χ0n) is 13.6. The molecule has 0 spiro atoms. The summed E-state index contributed by atoms with van der Waals surface area (Å²) in [5.41, 5.74) is -2.09. The molecule has 4 atom stereocenters. The van der Waals surface area contributed by atoms with Gasteiger partial charge in [0.25, 0.3) is 0 Å². The molecule has 120 valence electrons. The van der Waals surface area contributed by atoms with E-state index in [1.54, 1.807) is 27.9 Å². The zero-order chi connectivity index (χ0) is 16.8. The van der Waals surface area contributed by atoms with Crippen molar-refractivity contribution in [2.45, 2.75) is 25.9 Å². The third kappa shape index (κ3) is 1.14. The van der Waals surface area contributed by atoms with E-state index in [2.05, 4.69) is 0 Å². The van der Waals surface area contributed by atoms with Gasteiger partial charge in [0.05, 0.1) is 22.9 Å². The lowest BCUT2D eigenvalue weighted by Gasteiger charge is -2.72. The van der Waals surface area contributed by atoms with Gasteiger partial charge in [0, 0.05) is 28.2 Å². The Morgan fingerprint density at radius 1 is 0.682 bits per heavy atom. The predicted octanol–water partition coefficient (Wildman–Crippen LogP) is -0.203. The second-order valence-corrected chi connectivity index (χ2v) is 6.81. The molecule has 2 aliphatic heterocycles. The number of amides is 6. The third-order valence-electron chi connectivity index (χ3n) is 6.07. The highest BCUT2D eigenvalue weighted by atomic mass is 16.2. The summed E-state index contributed by atoms with van der Waals surface area (Å²) in [6.07, 6.45) is 0. The summed E-state index contributed by atoms with van der Waals surface area (Å²) in [5, 5.41) is 0. The molecular weight excluding hydrogens is 288 g/mol. The summed E-state index contributed by atoms with van der Waals surface area (Å²) >= 11 is 0. The van der Waals surface area contributed by atoms with Gasteiger partial charge in [0.1, 0.15) is 0 Å². The number of rotatable bonds is 0. The number of hydrogen-bond acceptors (Lipinski definition) is 4. The summed E-state index contributed by atoms with van der Waals surface area (Å²) in [6.45, 7) is 3.43. The smallest absolute Gasteiger partial charge is 0.321 e. The second kappa shape index (κ2) is 3.80. The van der Waals surface area contributed by atoms with Gasteiger partial charge in [-0.05, 0) is 13.8 Å². The number of carbonyl (C=O) groups is 4. The maximum atomic E-state index is 12.8. The van der Waals surface area contributed by atoms with Gasteiger partial charge in [-0.3, -0.25) is 19.4 Å². The van der Waals surface area contributed by atoms with Crippen LogP contribution in [0.25, 0.3) is 0 Å². The summed E-state index contributed by atoms with van der Waals surface area (Å²) in [6, 6.07) is -1.83. The van der Waals surface area contributed by atoms with Crippen LogP contribution in [-0.4, -0.2) is 83.8 Å². The number of carbonyl (C=O) groups excluding carboxylic acids is 4. The number of urea groups is 2. The quantitative estimate of drug-likeness (QED) is 0.620. The van der Waals surface area contributed by atoms with Crippen LogP contribution in [0.5, 0.6) is 0 Å². The van der Waals surface area contributed by atoms with E-state index in [0.29, 0.717) is 0 Å². The Morgan fingerprint density at radius 2 is 0.955 bits per heavy atom. The van der Waals surface area contributed by atoms with Crippen LogP contribution >= 0.6 is 0 Å². The maximum absolute atomic E-state index is 12.8. The van der Waals surface area contributed by atoms with Crippen molar-refractivity contribution in [3.63, 3.8) is 0 Å². The van der Waals surface area contributed by atoms with Crippen LogP contribution in [0.15, 0.2) is 0 Å². The van der Waals surface area contributed by atoms with Crippen LogP contribution in [0.3, 0.4) is 0 Å². The van der Waals surface area contributed by atoms with E-state index in [-0.39, 0.29) is 11.8 Å². The highest BCUT2D eigenvalue weighted by Crippen LogP contribution is 2.64. The molecule has 0 N–H and O–H groups in total. The Kier molecular flexibility index (Phi) is 2.55. The lowest BCUT2D eigenvalue weighted by atomic mass is 9.42. The van der Waals surface area contributed by atoms with Crippen molar-refractivity contribution in [2.24, 2.45) is 10.8 Å². The fourth-order valence-electron chi connectivity index (χ4n) is 4.63. The minimum atomic E-state index is -1.05. The van der Waals surface area contributed by atoms with Crippen LogP contribution in [0.4, 0.5) is 9.59 Å². The van der Waals surface area contributed by atoms with E-state index < -0.39 is 35.0 Å². The molecular formula is C14H20N4O4. The van der Waals surface area contributed by atoms with E-state index in [9.17, 15) is 19.2 Å². The molecule has 2 saturated heterocycles. The monoisotopic (exact) mass is 308 g/mol. The van der Waals surface area contributed by atoms with Gasteiger partial charge >= 0.3 is 12.1 Å². The Morgan fingerprint density at radius 3 is 1.23 bits per heavy atom. The largest absolute Gasteiger partial charge is 0.326 e. The highest BCUT2D eigenvalue weighted by Gasteiger charge is 2.81. The first kappa shape index (κ1) is 14.8. The molecule has 3 aliphatic rings. The lowest BCUT2D eigenvalue weighted by molar-refractivity contribution is -0.223. The SMILES string of the molecule is CN1C(=O)N(C)C2C3N(C)C(=O)N(C)C(=O)C3(C)C2(C)C1=O. The molecule has 2 heterocycles. The van der Waals surface area contributed by atoms with Crippen LogP contribution in [0.2, 0.25) is 0 Å². The average Bonchev–Trinajstić information content (AvgIpc) is 2.50. The van der Waals surface area contributed by atoms with Gasteiger partial charge in [-0.15, -0.1) is 0 Å². The number of hydrogen-bond donors (Lipinski definition) is 0. The minimum absolute atomic E-state index is 0.371. The first-order valence-electron chi connectivity index (χ1n) is 7.12. The molecule has 6 amide bonds.